The third kappa shape index (κ3) is 5.00. The summed E-state index contributed by atoms with van der Waals surface area (Å²) in [6.07, 6.45) is 1.80. The van der Waals surface area contributed by atoms with Gasteiger partial charge in [0.25, 0.3) is 0 Å². The summed E-state index contributed by atoms with van der Waals surface area (Å²) < 4.78 is 11.5. The number of aromatic hydroxyl groups is 1. The van der Waals surface area contributed by atoms with Crippen molar-refractivity contribution in [3.63, 3.8) is 0 Å². The molecule has 2 atom stereocenters. The van der Waals surface area contributed by atoms with Crippen LogP contribution in [-0.4, -0.2) is 27.2 Å². The zero-order valence-electron chi connectivity index (χ0n) is 12.4. The second-order valence-electron chi connectivity index (χ2n) is 5.12. The Labute approximate surface area is 132 Å². The zero-order chi connectivity index (χ0) is 15.9. The fraction of sp³-hybridized carbons (Fsp3) is 0.235. The van der Waals surface area contributed by atoms with Gasteiger partial charge in [0.2, 0.25) is 5.91 Å². The van der Waals surface area contributed by atoms with Crippen LogP contribution in [-0.2, 0) is 22.0 Å². The number of carbonyl (C=O) groups is 1. The molecule has 0 bridgehead atoms. The highest BCUT2D eigenvalue weighted by Crippen LogP contribution is 2.15. The van der Waals surface area contributed by atoms with Crippen molar-refractivity contribution in [2.75, 3.05) is 12.0 Å². The first-order chi connectivity index (χ1) is 10.5. The summed E-state index contributed by atoms with van der Waals surface area (Å²) in [6, 6.07) is 15.8. The Hall–Kier alpha value is -2.14. The molecule has 2 aromatic rings. The van der Waals surface area contributed by atoms with E-state index in [-0.39, 0.29) is 24.1 Å². The predicted octanol–water partition coefficient (Wildman–Crippen LogP) is 2.17. The molecule has 2 rings (SSSR count). The largest absolute Gasteiger partial charge is 0.508 e. The molecule has 1 amide bonds. The number of nitrogens with one attached hydrogen (secondary N) is 1. The van der Waals surface area contributed by atoms with Crippen LogP contribution in [0.4, 0.5) is 0 Å². The highest BCUT2D eigenvalue weighted by molar-refractivity contribution is 7.84. The van der Waals surface area contributed by atoms with Crippen molar-refractivity contribution in [3.05, 3.63) is 65.7 Å². The van der Waals surface area contributed by atoms with E-state index < -0.39 is 10.8 Å². The highest BCUT2D eigenvalue weighted by Gasteiger charge is 2.16. The number of hydrogen-bond acceptors (Lipinski definition) is 3. The van der Waals surface area contributed by atoms with Crippen molar-refractivity contribution in [1.29, 1.82) is 0 Å². The monoisotopic (exact) mass is 317 g/mol. The molecule has 5 heteroatoms. The van der Waals surface area contributed by atoms with Crippen molar-refractivity contribution in [3.8, 4) is 5.75 Å². The number of phenols is 1. The molecule has 0 saturated heterocycles. The summed E-state index contributed by atoms with van der Waals surface area (Å²) in [4.78, 5) is 12.2. The average molecular weight is 317 g/mol. The Kier molecular flexibility index (Phi) is 5.72. The average Bonchev–Trinajstić information content (AvgIpc) is 2.47. The molecule has 0 fully saturated rings. The van der Waals surface area contributed by atoms with Gasteiger partial charge in [0.05, 0.1) is 12.5 Å². The second kappa shape index (κ2) is 7.75. The third-order valence-corrected chi connectivity index (χ3v) is 4.02. The molecule has 0 aromatic heterocycles. The van der Waals surface area contributed by atoms with Crippen LogP contribution >= 0.6 is 0 Å². The molecule has 0 spiro atoms. The van der Waals surface area contributed by atoms with Gasteiger partial charge in [-0.25, -0.2) is 0 Å². The summed E-state index contributed by atoms with van der Waals surface area (Å²) in [5.41, 5.74) is 1.67. The van der Waals surface area contributed by atoms with Crippen LogP contribution in [0.15, 0.2) is 54.6 Å². The van der Waals surface area contributed by atoms with Crippen molar-refractivity contribution in [1.82, 2.24) is 5.32 Å². The molecular formula is C17H19NO3S. The molecule has 2 N–H and O–H groups in total. The molecule has 0 unspecified atom stereocenters. The SMILES string of the molecule is C[S@](=O)C[C@@H](NC(=O)Cc1cccc(O)c1)c1ccccc1. The Balaban J connectivity index is 2.06. The zero-order valence-corrected chi connectivity index (χ0v) is 13.2. The Morgan fingerprint density at radius 1 is 1.18 bits per heavy atom. The summed E-state index contributed by atoms with van der Waals surface area (Å²) in [5.74, 6) is 0.347. The van der Waals surface area contributed by atoms with Gasteiger partial charge in [-0.05, 0) is 23.3 Å². The van der Waals surface area contributed by atoms with E-state index in [1.54, 1.807) is 30.5 Å². The standard InChI is InChI=1S/C17H19NO3S/c1-22(21)12-16(14-7-3-2-4-8-14)18-17(20)11-13-6-5-9-15(19)10-13/h2-10,16,19H,11-12H2,1H3,(H,18,20)/t16-,22+/m1/s1. The smallest absolute Gasteiger partial charge is 0.224 e. The van der Waals surface area contributed by atoms with Gasteiger partial charge < -0.3 is 10.4 Å². The molecule has 0 saturated carbocycles. The highest BCUT2D eigenvalue weighted by atomic mass is 32.2. The lowest BCUT2D eigenvalue weighted by molar-refractivity contribution is -0.121. The molecule has 0 heterocycles. The number of rotatable bonds is 6. The third-order valence-electron chi connectivity index (χ3n) is 3.21. The lowest BCUT2D eigenvalue weighted by Gasteiger charge is -2.18. The van der Waals surface area contributed by atoms with Crippen LogP contribution in [0.5, 0.6) is 5.75 Å². The van der Waals surface area contributed by atoms with Crippen LogP contribution in [0.25, 0.3) is 0 Å². The minimum Gasteiger partial charge on any atom is -0.508 e. The molecular weight excluding hydrogens is 298 g/mol. The fourth-order valence-electron chi connectivity index (χ4n) is 2.24. The molecule has 2 aromatic carbocycles. The van der Waals surface area contributed by atoms with Gasteiger partial charge >= 0.3 is 0 Å². The van der Waals surface area contributed by atoms with E-state index >= 15 is 0 Å². The molecule has 4 nitrogen and oxygen atoms in total. The van der Waals surface area contributed by atoms with E-state index in [0.717, 1.165) is 11.1 Å². The topological polar surface area (TPSA) is 66.4 Å². The Morgan fingerprint density at radius 2 is 1.91 bits per heavy atom. The summed E-state index contributed by atoms with van der Waals surface area (Å²) in [7, 11) is -1.02. The van der Waals surface area contributed by atoms with Crippen molar-refractivity contribution in [2.24, 2.45) is 0 Å². The first kappa shape index (κ1) is 16.2. The molecule has 0 aliphatic carbocycles. The lowest BCUT2D eigenvalue weighted by Crippen LogP contribution is -2.32. The van der Waals surface area contributed by atoms with Gasteiger partial charge in [0, 0.05) is 22.8 Å². The fourth-order valence-corrected chi connectivity index (χ4v) is 2.98. The van der Waals surface area contributed by atoms with Crippen LogP contribution in [0.3, 0.4) is 0 Å². The maximum absolute atomic E-state index is 12.2. The molecule has 116 valence electrons. The van der Waals surface area contributed by atoms with E-state index in [9.17, 15) is 14.1 Å². The normalized spacial score (nSPS) is 13.3. The van der Waals surface area contributed by atoms with Crippen LogP contribution in [0.1, 0.15) is 17.2 Å². The number of benzene rings is 2. The second-order valence-corrected chi connectivity index (χ2v) is 6.60. The van der Waals surface area contributed by atoms with E-state index in [2.05, 4.69) is 5.32 Å². The molecule has 0 radical (unpaired) electrons. The van der Waals surface area contributed by atoms with Gasteiger partial charge in [-0.2, -0.15) is 0 Å². The summed E-state index contributed by atoms with van der Waals surface area (Å²) in [5, 5.41) is 12.4. The summed E-state index contributed by atoms with van der Waals surface area (Å²) in [6.45, 7) is 0. The predicted molar refractivity (Wildman–Crippen MR) is 88.1 cm³/mol. The van der Waals surface area contributed by atoms with E-state index in [1.807, 2.05) is 30.3 Å². The van der Waals surface area contributed by atoms with E-state index in [4.69, 9.17) is 0 Å². The lowest BCUT2D eigenvalue weighted by atomic mass is 10.1. The number of phenolic OH excluding ortho intramolecular Hbond substituents is 1. The van der Waals surface area contributed by atoms with E-state index in [0.29, 0.717) is 5.75 Å². The minimum atomic E-state index is -1.02. The van der Waals surface area contributed by atoms with Crippen LogP contribution in [0.2, 0.25) is 0 Å². The van der Waals surface area contributed by atoms with Crippen LogP contribution in [0, 0.1) is 0 Å². The van der Waals surface area contributed by atoms with Crippen molar-refractivity contribution in [2.45, 2.75) is 12.5 Å². The maximum atomic E-state index is 12.2. The van der Waals surface area contributed by atoms with Gasteiger partial charge in [-0.15, -0.1) is 0 Å². The summed E-state index contributed by atoms with van der Waals surface area (Å²) >= 11 is 0. The van der Waals surface area contributed by atoms with Gasteiger partial charge in [-0.3, -0.25) is 9.00 Å². The molecule has 0 aliphatic heterocycles. The van der Waals surface area contributed by atoms with Crippen LogP contribution < -0.4 is 5.32 Å². The van der Waals surface area contributed by atoms with Gasteiger partial charge in [0.1, 0.15) is 5.75 Å². The number of hydrogen-bond donors (Lipinski definition) is 2. The first-order valence-corrected chi connectivity index (χ1v) is 8.69. The van der Waals surface area contributed by atoms with Gasteiger partial charge in [-0.1, -0.05) is 42.5 Å². The first-order valence-electron chi connectivity index (χ1n) is 6.97. The van der Waals surface area contributed by atoms with Gasteiger partial charge in [0.15, 0.2) is 0 Å². The van der Waals surface area contributed by atoms with Crippen molar-refractivity contribution < 1.29 is 14.1 Å². The Bertz CT molecular complexity index is 658. The quantitative estimate of drug-likeness (QED) is 0.858. The Morgan fingerprint density at radius 3 is 2.55 bits per heavy atom. The molecule has 22 heavy (non-hydrogen) atoms. The number of amides is 1. The van der Waals surface area contributed by atoms with E-state index in [1.165, 1.54) is 0 Å². The maximum Gasteiger partial charge on any atom is 0.224 e. The number of carbonyl (C=O) groups excluding carboxylic acids is 1. The van der Waals surface area contributed by atoms with Crippen molar-refractivity contribution >= 4 is 16.7 Å². The minimum absolute atomic E-state index is 0.138. The molecule has 0 aliphatic rings.